The van der Waals surface area contributed by atoms with Gasteiger partial charge in [0, 0.05) is 13.2 Å². The first-order chi connectivity index (χ1) is 8.29. The van der Waals surface area contributed by atoms with Crippen LogP contribution in [0.25, 0.3) is 0 Å². The van der Waals surface area contributed by atoms with E-state index in [1.165, 1.54) is 12.8 Å². The Kier molecular flexibility index (Phi) is 4.17. The quantitative estimate of drug-likeness (QED) is 0.692. The van der Waals surface area contributed by atoms with Crippen molar-refractivity contribution >= 4 is 5.91 Å². The molecule has 94 valence electrons. The fraction of sp³-hybridized carbons (Fsp3) is 0.583. The maximum Gasteiger partial charge on any atom is 0.287 e. The number of carbonyl (C=O) groups is 1. The number of nitrogens with one attached hydrogen (secondary N) is 1. The molecule has 1 saturated carbocycles. The van der Waals surface area contributed by atoms with Gasteiger partial charge in [0.2, 0.25) is 0 Å². The highest BCUT2D eigenvalue weighted by molar-refractivity contribution is 5.91. The lowest BCUT2D eigenvalue weighted by atomic mass is 10.4. The highest BCUT2D eigenvalue weighted by Crippen LogP contribution is 2.28. The van der Waals surface area contributed by atoms with E-state index < -0.39 is 0 Å². The van der Waals surface area contributed by atoms with Gasteiger partial charge in [-0.1, -0.05) is 0 Å². The van der Waals surface area contributed by atoms with E-state index in [1.54, 1.807) is 12.1 Å². The van der Waals surface area contributed by atoms with E-state index in [0.29, 0.717) is 31.2 Å². The zero-order valence-corrected chi connectivity index (χ0v) is 9.78. The zero-order chi connectivity index (χ0) is 12.1. The molecular weight excluding hydrogens is 220 g/mol. The summed E-state index contributed by atoms with van der Waals surface area (Å²) in [6.07, 6.45) is 2.56. The van der Waals surface area contributed by atoms with Crippen molar-refractivity contribution in [1.29, 1.82) is 0 Å². The van der Waals surface area contributed by atoms with Crippen LogP contribution in [-0.4, -0.2) is 25.7 Å². The third-order valence-electron chi connectivity index (χ3n) is 2.67. The number of carbonyl (C=O) groups excluding carboxylic acids is 1. The summed E-state index contributed by atoms with van der Waals surface area (Å²) in [5.74, 6) is 1.44. The number of rotatable bonds is 7. The van der Waals surface area contributed by atoms with E-state index in [-0.39, 0.29) is 5.91 Å². The first-order valence-corrected chi connectivity index (χ1v) is 5.94. The molecule has 5 heteroatoms. The van der Waals surface area contributed by atoms with Gasteiger partial charge in [-0.15, -0.1) is 0 Å². The molecule has 1 aliphatic carbocycles. The predicted molar refractivity (Wildman–Crippen MR) is 62.5 cm³/mol. The van der Waals surface area contributed by atoms with Gasteiger partial charge in [-0.05, 0) is 30.9 Å². The molecule has 17 heavy (non-hydrogen) atoms. The van der Waals surface area contributed by atoms with Crippen LogP contribution in [0.3, 0.4) is 0 Å². The average molecular weight is 238 g/mol. The molecule has 1 aliphatic rings. The molecular formula is C12H18N2O3. The summed E-state index contributed by atoms with van der Waals surface area (Å²) in [7, 11) is 0. The number of hydrogen-bond acceptors (Lipinski definition) is 4. The molecule has 1 amide bonds. The molecule has 1 fully saturated rings. The van der Waals surface area contributed by atoms with Gasteiger partial charge in [0.05, 0.1) is 13.2 Å². The van der Waals surface area contributed by atoms with Gasteiger partial charge in [-0.2, -0.15) is 0 Å². The number of ether oxygens (including phenoxy) is 1. The smallest absolute Gasteiger partial charge is 0.287 e. The molecule has 0 saturated heterocycles. The summed E-state index contributed by atoms with van der Waals surface area (Å²) in [4.78, 5) is 11.6. The lowest BCUT2D eigenvalue weighted by molar-refractivity contribution is 0.0879. The Morgan fingerprint density at radius 3 is 3.00 bits per heavy atom. The monoisotopic (exact) mass is 238 g/mol. The Labute approximate surface area is 100 Å². The first kappa shape index (κ1) is 12.1. The summed E-state index contributed by atoms with van der Waals surface area (Å²) >= 11 is 0. The van der Waals surface area contributed by atoms with Crippen LogP contribution in [-0.2, 0) is 11.3 Å². The van der Waals surface area contributed by atoms with Crippen molar-refractivity contribution in [3.05, 3.63) is 23.7 Å². The Bertz CT molecular complexity index is 372. The normalized spacial score (nSPS) is 14.9. The molecule has 0 aliphatic heterocycles. The van der Waals surface area contributed by atoms with Crippen LogP contribution >= 0.6 is 0 Å². The Morgan fingerprint density at radius 1 is 1.53 bits per heavy atom. The zero-order valence-electron chi connectivity index (χ0n) is 9.78. The van der Waals surface area contributed by atoms with Crippen LogP contribution in [0.1, 0.15) is 29.2 Å². The molecule has 1 heterocycles. The molecule has 1 aromatic rings. The number of amides is 1. The van der Waals surface area contributed by atoms with Crippen LogP contribution in [0, 0.1) is 5.92 Å². The van der Waals surface area contributed by atoms with Crippen LogP contribution in [0.15, 0.2) is 16.5 Å². The van der Waals surface area contributed by atoms with E-state index >= 15 is 0 Å². The highest BCUT2D eigenvalue weighted by atomic mass is 16.5. The van der Waals surface area contributed by atoms with Crippen molar-refractivity contribution in [2.45, 2.75) is 19.4 Å². The molecule has 1 aromatic heterocycles. The lowest BCUT2D eigenvalue weighted by Crippen LogP contribution is -2.27. The Hall–Kier alpha value is -1.33. The van der Waals surface area contributed by atoms with Crippen molar-refractivity contribution in [2.75, 3.05) is 19.8 Å². The second-order valence-electron chi connectivity index (χ2n) is 4.24. The third-order valence-corrected chi connectivity index (χ3v) is 2.67. The fourth-order valence-electron chi connectivity index (χ4n) is 1.47. The van der Waals surface area contributed by atoms with Crippen LogP contribution < -0.4 is 11.1 Å². The minimum absolute atomic E-state index is 0.222. The summed E-state index contributed by atoms with van der Waals surface area (Å²) < 4.78 is 10.6. The topological polar surface area (TPSA) is 77.5 Å². The molecule has 0 unspecified atom stereocenters. The van der Waals surface area contributed by atoms with Crippen molar-refractivity contribution in [3.8, 4) is 0 Å². The van der Waals surface area contributed by atoms with E-state index in [4.69, 9.17) is 14.9 Å². The van der Waals surface area contributed by atoms with Gasteiger partial charge in [0.1, 0.15) is 5.76 Å². The molecule has 0 atom stereocenters. The van der Waals surface area contributed by atoms with Crippen LogP contribution in [0.4, 0.5) is 0 Å². The average Bonchev–Trinajstić information content (AvgIpc) is 3.03. The van der Waals surface area contributed by atoms with Crippen molar-refractivity contribution in [3.63, 3.8) is 0 Å². The maximum atomic E-state index is 11.6. The summed E-state index contributed by atoms with van der Waals surface area (Å²) in [6, 6.07) is 3.33. The van der Waals surface area contributed by atoms with Crippen molar-refractivity contribution in [2.24, 2.45) is 11.7 Å². The SMILES string of the molecule is NCc1ccc(C(=O)NCCOCC2CC2)o1. The standard InChI is InChI=1S/C12H18N2O3/c13-7-10-3-4-11(17-10)12(15)14-5-6-16-8-9-1-2-9/h3-4,9H,1-2,5-8,13H2,(H,14,15). The first-order valence-electron chi connectivity index (χ1n) is 5.94. The van der Waals surface area contributed by atoms with Gasteiger partial charge in [0.25, 0.3) is 5.91 Å². The van der Waals surface area contributed by atoms with Crippen molar-refractivity contribution in [1.82, 2.24) is 5.32 Å². The summed E-state index contributed by atoms with van der Waals surface area (Å²) in [6.45, 7) is 2.17. The van der Waals surface area contributed by atoms with Gasteiger partial charge in [0.15, 0.2) is 5.76 Å². The lowest BCUT2D eigenvalue weighted by Gasteiger charge is -2.04. The molecule has 0 radical (unpaired) electrons. The highest BCUT2D eigenvalue weighted by Gasteiger charge is 2.20. The number of hydrogen-bond donors (Lipinski definition) is 2. The number of nitrogens with two attached hydrogens (primary N) is 1. The molecule has 5 nitrogen and oxygen atoms in total. The second-order valence-corrected chi connectivity index (χ2v) is 4.24. The van der Waals surface area contributed by atoms with Gasteiger partial charge in [-0.3, -0.25) is 4.79 Å². The largest absolute Gasteiger partial charge is 0.455 e. The molecule has 0 bridgehead atoms. The van der Waals surface area contributed by atoms with E-state index in [0.717, 1.165) is 12.5 Å². The predicted octanol–water partition coefficient (Wildman–Crippen LogP) is 0.895. The molecule has 2 rings (SSSR count). The van der Waals surface area contributed by atoms with Crippen LogP contribution in [0.5, 0.6) is 0 Å². The number of furan rings is 1. The summed E-state index contributed by atoms with van der Waals surface area (Å²) in [5.41, 5.74) is 5.39. The molecule has 0 aromatic carbocycles. The fourth-order valence-corrected chi connectivity index (χ4v) is 1.47. The Balaban J connectivity index is 1.62. The molecule has 3 N–H and O–H groups in total. The maximum absolute atomic E-state index is 11.6. The van der Waals surface area contributed by atoms with E-state index in [9.17, 15) is 4.79 Å². The third kappa shape index (κ3) is 3.87. The summed E-state index contributed by atoms with van der Waals surface area (Å²) in [5, 5.41) is 2.73. The Morgan fingerprint density at radius 2 is 2.35 bits per heavy atom. The van der Waals surface area contributed by atoms with Crippen molar-refractivity contribution < 1.29 is 13.9 Å². The minimum atomic E-state index is -0.222. The minimum Gasteiger partial charge on any atom is -0.455 e. The van der Waals surface area contributed by atoms with E-state index in [1.807, 2.05) is 0 Å². The second kappa shape index (κ2) is 5.84. The molecule has 0 spiro atoms. The van der Waals surface area contributed by atoms with E-state index in [2.05, 4.69) is 5.32 Å². The van der Waals surface area contributed by atoms with Gasteiger partial charge < -0.3 is 20.2 Å². The van der Waals surface area contributed by atoms with Gasteiger partial charge in [-0.25, -0.2) is 0 Å². The van der Waals surface area contributed by atoms with Crippen LogP contribution in [0.2, 0.25) is 0 Å². The van der Waals surface area contributed by atoms with Gasteiger partial charge >= 0.3 is 0 Å².